The first-order valence-electron chi connectivity index (χ1n) is 5.83. The zero-order valence-corrected chi connectivity index (χ0v) is 12.0. The number of anilines is 1. The summed E-state index contributed by atoms with van der Waals surface area (Å²) in [7, 11) is -3.71. The molecule has 0 saturated heterocycles. The Bertz CT molecular complexity index is 604. The average Bonchev–Trinajstić information content (AvgIpc) is 3.02. The molecule has 1 aliphatic rings. The summed E-state index contributed by atoms with van der Waals surface area (Å²) in [4.78, 5) is 9.97. The molecule has 19 heavy (non-hydrogen) atoms. The number of hydrogen-bond donors (Lipinski definition) is 2. The third-order valence-corrected chi connectivity index (χ3v) is 6.35. The summed E-state index contributed by atoms with van der Waals surface area (Å²) in [6, 6.07) is 1.01. The fourth-order valence-corrected chi connectivity index (χ4v) is 4.21. The Morgan fingerprint density at radius 3 is 2.63 bits per heavy atom. The third kappa shape index (κ3) is 2.88. The molecule has 2 rings (SSSR count). The number of nitrogens with one attached hydrogen (secondary N) is 1. The quantitative estimate of drug-likeness (QED) is 0.613. The predicted molar refractivity (Wildman–Crippen MR) is 72.5 cm³/mol. The van der Waals surface area contributed by atoms with Gasteiger partial charge in [-0.2, -0.15) is 0 Å². The molecule has 0 atom stereocenters. The highest BCUT2D eigenvalue weighted by atomic mass is 32.2. The van der Waals surface area contributed by atoms with Gasteiger partial charge in [0.05, 0.1) is 4.92 Å². The number of thiophene rings is 1. The van der Waals surface area contributed by atoms with Crippen molar-refractivity contribution in [2.75, 3.05) is 12.3 Å². The Labute approximate surface area is 115 Å². The zero-order valence-electron chi connectivity index (χ0n) is 10.4. The number of sulfonamides is 1. The largest absolute Gasteiger partial charge is 0.385 e. The van der Waals surface area contributed by atoms with Crippen LogP contribution in [0.25, 0.3) is 0 Å². The lowest BCUT2D eigenvalue weighted by Crippen LogP contribution is -2.29. The number of nitrogen functional groups attached to an aromatic ring is 1. The molecule has 0 bridgehead atoms. The van der Waals surface area contributed by atoms with Gasteiger partial charge in [0.15, 0.2) is 5.00 Å². The van der Waals surface area contributed by atoms with Crippen LogP contribution in [0.3, 0.4) is 0 Å². The van der Waals surface area contributed by atoms with Crippen molar-refractivity contribution in [3.05, 3.63) is 16.2 Å². The van der Waals surface area contributed by atoms with Crippen LogP contribution in [0.5, 0.6) is 0 Å². The van der Waals surface area contributed by atoms with Crippen LogP contribution in [0.15, 0.2) is 10.3 Å². The minimum Gasteiger partial charge on any atom is -0.385 e. The van der Waals surface area contributed by atoms with Crippen molar-refractivity contribution in [1.82, 2.24) is 4.72 Å². The van der Waals surface area contributed by atoms with E-state index in [-0.39, 0.29) is 20.3 Å². The normalized spacial score (nSPS) is 17.3. The molecule has 1 aromatic heterocycles. The Hall–Kier alpha value is -1.19. The molecule has 1 saturated carbocycles. The Balaban J connectivity index is 2.15. The molecule has 7 nitrogen and oxygen atoms in total. The van der Waals surface area contributed by atoms with E-state index in [0.29, 0.717) is 17.9 Å². The first-order chi connectivity index (χ1) is 8.80. The van der Waals surface area contributed by atoms with Gasteiger partial charge in [0.25, 0.3) is 0 Å². The molecule has 0 amide bonds. The minimum absolute atomic E-state index is 0.0712. The Morgan fingerprint density at radius 2 is 2.21 bits per heavy atom. The summed E-state index contributed by atoms with van der Waals surface area (Å²) in [6.45, 7) is 2.40. The highest BCUT2D eigenvalue weighted by molar-refractivity contribution is 7.91. The van der Waals surface area contributed by atoms with E-state index in [1.54, 1.807) is 0 Å². The highest BCUT2D eigenvalue weighted by Crippen LogP contribution is 2.48. The summed E-state index contributed by atoms with van der Waals surface area (Å²) in [6.07, 6.45) is 2.94. The van der Waals surface area contributed by atoms with Gasteiger partial charge >= 0.3 is 5.69 Å². The van der Waals surface area contributed by atoms with Crippen LogP contribution in [0.2, 0.25) is 0 Å². The van der Waals surface area contributed by atoms with Crippen LogP contribution in [-0.4, -0.2) is 19.9 Å². The van der Waals surface area contributed by atoms with Crippen LogP contribution < -0.4 is 10.5 Å². The van der Waals surface area contributed by atoms with E-state index in [1.807, 2.05) is 6.92 Å². The van der Waals surface area contributed by atoms with Crippen molar-refractivity contribution in [1.29, 1.82) is 0 Å². The maximum Gasteiger partial charge on any atom is 0.304 e. The molecule has 0 aliphatic heterocycles. The summed E-state index contributed by atoms with van der Waals surface area (Å²) >= 11 is 0.714. The molecule has 0 radical (unpaired) electrons. The van der Waals surface area contributed by atoms with Gasteiger partial charge in [0, 0.05) is 12.6 Å². The smallest absolute Gasteiger partial charge is 0.304 e. The topological polar surface area (TPSA) is 115 Å². The lowest BCUT2D eigenvalue weighted by molar-refractivity contribution is -0.383. The van der Waals surface area contributed by atoms with E-state index >= 15 is 0 Å². The van der Waals surface area contributed by atoms with Crippen molar-refractivity contribution in [3.63, 3.8) is 0 Å². The highest BCUT2D eigenvalue weighted by Gasteiger charge is 2.41. The van der Waals surface area contributed by atoms with Crippen LogP contribution in [0.4, 0.5) is 10.7 Å². The maximum absolute atomic E-state index is 12.0. The molecule has 106 valence electrons. The van der Waals surface area contributed by atoms with E-state index in [1.165, 1.54) is 0 Å². The van der Waals surface area contributed by atoms with E-state index < -0.39 is 14.9 Å². The second-order valence-electron chi connectivity index (χ2n) is 4.75. The van der Waals surface area contributed by atoms with Crippen molar-refractivity contribution in [2.24, 2.45) is 5.41 Å². The molecule has 3 N–H and O–H groups in total. The van der Waals surface area contributed by atoms with Crippen molar-refractivity contribution in [3.8, 4) is 0 Å². The van der Waals surface area contributed by atoms with Gasteiger partial charge in [-0.3, -0.25) is 10.1 Å². The number of nitrogens with zero attached hydrogens (tertiary/aromatic N) is 1. The molecule has 1 fully saturated rings. The Kier molecular flexibility index (Phi) is 3.54. The number of hydrogen-bond acceptors (Lipinski definition) is 6. The predicted octanol–water partition coefficient (Wildman–Crippen LogP) is 1.71. The fraction of sp³-hybridized carbons (Fsp3) is 0.600. The van der Waals surface area contributed by atoms with Gasteiger partial charge in [0.1, 0.15) is 4.21 Å². The average molecular weight is 305 g/mol. The molecule has 1 aromatic rings. The van der Waals surface area contributed by atoms with Crippen LogP contribution >= 0.6 is 11.3 Å². The van der Waals surface area contributed by atoms with Crippen LogP contribution in [-0.2, 0) is 10.0 Å². The van der Waals surface area contributed by atoms with Crippen LogP contribution in [0, 0.1) is 15.5 Å². The molecule has 9 heteroatoms. The first kappa shape index (κ1) is 14.2. The summed E-state index contributed by atoms with van der Waals surface area (Å²) in [5, 5.41) is 10.6. The molecular formula is C10H15N3O4S2. The number of nitro groups is 1. The van der Waals surface area contributed by atoms with E-state index in [2.05, 4.69) is 4.72 Å². The summed E-state index contributed by atoms with van der Waals surface area (Å²) in [5.41, 5.74) is 5.16. The van der Waals surface area contributed by atoms with Crippen molar-refractivity contribution in [2.45, 2.75) is 30.4 Å². The third-order valence-electron chi connectivity index (χ3n) is 3.52. The maximum atomic E-state index is 12.0. The molecule has 0 unspecified atom stereocenters. The zero-order chi connectivity index (χ0) is 14.3. The molecule has 1 heterocycles. The second-order valence-corrected chi connectivity index (χ2v) is 7.83. The van der Waals surface area contributed by atoms with E-state index in [0.717, 1.165) is 25.3 Å². The lowest BCUT2D eigenvalue weighted by Gasteiger charge is -2.12. The summed E-state index contributed by atoms with van der Waals surface area (Å²) in [5.74, 6) is 0. The van der Waals surface area contributed by atoms with Gasteiger partial charge in [-0.05, 0) is 24.7 Å². The van der Waals surface area contributed by atoms with Gasteiger partial charge in [0.2, 0.25) is 10.0 Å². The van der Waals surface area contributed by atoms with Crippen molar-refractivity contribution >= 4 is 32.0 Å². The van der Waals surface area contributed by atoms with Crippen LogP contribution in [0.1, 0.15) is 26.2 Å². The molecule has 1 aliphatic carbocycles. The van der Waals surface area contributed by atoms with Crippen molar-refractivity contribution < 1.29 is 13.3 Å². The van der Waals surface area contributed by atoms with Gasteiger partial charge in [-0.1, -0.05) is 18.3 Å². The van der Waals surface area contributed by atoms with Gasteiger partial charge < -0.3 is 5.73 Å². The molecular weight excluding hydrogens is 290 g/mol. The van der Waals surface area contributed by atoms with E-state index in [4.69, 9.17) is 5.73 Å². The Morgan fingerprint density at radius 1 is 1.58 bits per heavy atom. The first-order valence-corrected chi connectivity index (χ1v) is 8.13. The standard InChI is InChI=1S/C10H15N3O4S2/c1-2-10(3-4-10)6-12-19(16,17)8-5-7(13(14)15)9(11)18-8/h5,12H,2-4,6,11H2,1H3. The second kappa shape index (κ2) is 4.73. The van der Waals surface area contributed by atoms with E-state index in [9.17, 15) is 18.5 Å². The molecule has 0 spiro atoms. The lowest BCUT2D eigenvalue weighted by atomic mass is 10.1. The van der Waals surface area contributed by atoms with Gasteiger partial charge in [-0.15, -0.1) is 0 Å². The minimum atomic E-state index is -3.71. The fourth-order valence-electron chi connectivity index (χ4n) is 1.80. The van der Waals surface area contributed by atoms with Gasteiger partial charge in [-0.25, -0.2) is 13.1 Å². The monoisotopic (exact) mass is 305 g/mol. The number of rotatable bonds is 6. The number of nitrogens with two attached hydrogens (primary N) is 1. The molecule has 0 aromatic carbocycles. The SMILES string of the molecule is CCC1(CNS(=O)(=O)c2cc([N+](=O)[O-])c(N)s2)CC1. The summed E-state index contributed by atoms with van der Waals surface area (Å²) < 4.78 is 26.5.